The summed E-state index contributed by atoms with van der Waals surface area (Å²) in [5, 5.41) is 8.60. The van der Waals surface area contributed by atoms with E-state index < -0.39 is 0 Å². The lowest BCUT2D eigenvalue weighted by Crippen LogP contribution is -2.39. The Morgan fingerprint density at radius 3 is 2.45 bits per heavy atom. The van der Waals surface area contributed by atoms with Crippen LogP contribution in [0, 0.1) is 5.82 Å². The molecular weight excluding hydrogens is 433 g/mol. The molecule has 1 N–H and O–H groups in total. The number of nitrogens with one attached hydrogen (secondary N) is 1. The van der Waals surface area contributed by atoms with E-state index in [1.807, 2.05) is 36.4 Å². The number of piperidine rings is 1. The van der Waals surface area contributed by atoms with Gasteiger partial charge in [0.2, 0.25) is 0 Å². The summed E-state index contributed by atoms with van der Waals surface area (Å²) in [5.41, 5.74) is 5.64. The Labute approximate surface area is 199 Å². The predicted molar refractivity (Wildman–Crippen MR) is 132 cm³/mol. The topological polar surface area (TPSA) is 31.9 Å². The zero-order valence-corrected chi connectivity index (χ0v) is 19.2. The molecule has 1 aliphatic heterocycles. The van der Waals surface area contributed by atoms with Crippen molar-refractivity contribution in [3.8, 4) is 11.3 Å². The maximum absolute atomic E-state index is 13.6. The van der Waals surface area contributed by atoms with Gasteiger partial charge in [-0.15, -0.1) is 0 Å². The number of hydrogen-bond donors (Lipinski definition) is 1. The molecular formula is C28H27ClFN3. The van der Waals surface area contributed by atoms with Gasteiger partial charge in [-0.25, -0.2) is 4.39 Å². The summed E-state index contributed by atoms with van der Waals surface area (Å²) in [6.45, 7) is 3.00. The Bertz CT molecular complexity index is 1170. The molecule has 3 nitrogen and oxygen atoms in total. The number of aromatic nitrogens is 2. The monoisotopic (exact) mass is 459 g/mol. The van der Waals surface area contributed by atoms with Crippen LogP contribution in [0.4, 0.5) is 4.39 Å². The molecule has 5 heteroatoms. The van der Waals surface area contributed by atoms with Crippen LogP contribution in [0.25, 0.3) is 11.3 Å². The van der Waals surface area contributed by atoms with Crippen molar-refractivity contribution >= 4 is 11.6 Å². The summed E-state index contributed by atoms with van der Waals surface area (Å²) < 4.78 is 13.6. The Kier molecular flexibility index (Phi) is 6.56. The molecule has 33 heavy (non-hydrogen) atoms. The number of aromatic amines is 1. The number of halogens is 2. The third kappa shape index (κ3) is 5.18. The molecule has 1 fully saturated rings. The Hall–Kier alpha value is -2.95. The van der Waals surface area contributed by atoms with Gasteiger partial charge in [-0.2, -0.15) is 5.10 Å². The lowest BCUT2D eigenvalue weighted by molar-refractivity contribution is 0.189. The Morgan fingerprint density at radius 1 is 0.939 bits per heavy atom. The van der Waals surface area contributed by atoms with E-state index >= 15 is 0 Å². The van der Waals surface area contributed by atoms with Crippen LogP contribution in [0.1, 0.15) is 35.1 Å². The van der Waals surface area contributed by atoms with Crippen molar-refractivity contribution in [2.75, 3.05) is 19.6 Å². The highest BCUT2D eigenvalue weighted by Crippen LogP contribution is 2.40. The molecule has 0 spiro atoms. The normalized spacial score (nSPS) is 19.0. The van der Waals surface area contributed by atoms with Gasteiger partial charge in [-0.1, -0.05) is 66.2 Å². The summed E-state index contributed by atoms with van der Waals surface area (Å²) >= 11 is 6.04. The van der Waals surface area contributed by atoms with E-state index in [2.05, 4.69) is 51.5 Å². The summed E-state index contributed by atoms with van der Waals surface area (Å²) in [5.74, 6) is 0.379. The van der Waals surface area contributed by atoms with Crippen LogP contribution in [0.15, 0.2) is 84.9 Å². The van der Waals surface area contributed by atoms with E-state index in [0.29, 0.717) is 10.9 Å². The first-order chi connectivity index (χ1) is 16.2. The van der Waals surface area contributed by atoms with Crippen LogP contribution in [-0.2, 0) is 6.42 Å². The van der Waals surface area contributed by atoms with E-state index in [9.17, 15) is 4.39 Å². The zero-order chi connectivity index (χ0) is 22.6. The average Bonchev–Trinajstić information content (AvgIpc) is 3.34. The van der Waals surface area contributed by atoms with E-state index in [-0.39, 0.29) is 11.7 Å². The first-order valence-corrected chi connectivity index (χ1v) is 11.9. The Morgan fingerprint density at radius 2 is 1.70 bits per heavy atom. The van der Waals surface area contributed by atoms with Crippen molar-refractivity contribution in [1.82, 2.24) is 15.1 Å². The number of benzene rings is 3. The van der Waals surface area contributed by atoms with Crippen molar-refractivity contribution in [2.45, 2.75) is 24.7 Å². The lowest BCUT2D eigenvalue weighted by atomic mass is 9.78. The minimum Gasteiger partial charge on any atom is -0.302 e. The number of rotatable bonds is 6. The quantitative estimate of drug-likeness (QED) is 0.348. The molecule has 1 aliphatic rings. The second kappa shape index (κ2) is 9.90. The van der Waals surface area contributed by atoms with Crippen molar-refractivity contribution in [1.29, 1.82) is 0 Å². The maximum atomic E-state index is 13.6. The minimum absolute atomic E-state index is 0.196. The second-order valence-corrected chi connectivity index (χ2v) is 9.24. The highest BCUT2D eigenvalue weighted by atomic mass is 35.5. The molecule has 5 rings (SSSR count). The smallest absolute Gasteiger partial charge is 0.123 e. The molecule has 0 aliphatic carbocycles. The molecule has 0 unspecified atom stereocenters. The van der Waals surface area contributed by atoms with Gasteiger partial charge in [0.25, 0.3) is 0 Å². The van der Waals surface area contributed by atoms with Gasteiger partial charge in [0, 0.05) is 41.2 Å². The van der Waals surface area contributed by atoms with Gasteiger partial charge in [0.15, 0.2) is 0 Å². The molecule has 4 aromatic rings. The molecule has 0 bridgehead atoms. The van der Waals surface area contributed by atoms with Gasteiger partial charge in [-0.3, -0.25) is 5.10 Å². The number of likely N-dealkylation sites (tertiary alicyclic amines) is 1. The third-order valence-electron chi connectivity index (χ3n) is 6.69. The average molecular weight is 460 g/mol. The summed E-state index contributed by atoms with van der Waals surface area (Å²) in [4.78, 5) is 2.54. The van der Waals surface area contributed by atoms with Gasteiger partial charge >= 0.3 is 0 Å². The van der Waals surface area contributed by atoms with Crippen molar-refractivity contribution in [3.63, 3.8) is 0 Å². The molecule has 0 radical (unpaired) electrons. The first-order valence-electron chi connectivity index (χ1n) is 11.5. The molecule has 1 aromatic heterocycles. The fourth-order valence-corrected chi connectivity index (χ4v) is 5.00. The SMILES string of the molecule is Fc1ccc([C@H]2CN(CCc3ccccc3)CC[C@H]2c2cc(-c3ccc(Cl)cc3)n[nH]2)cc1. The summed E-state index contributed by atoms with van der Waals surface area (Å²) in [7, 11) is 0. The third-order valence-corrected chi connectivity index (χ3v) is 6.94. The van der Waals surface area contributed by atoms with Crippen molar-refractivity contribution in [3.05, 3.63) is 113 Å². The molecule has 0 saturated carbocycles. The van der Waals surface area contributed by atoms with E-state index in [1.165, 1.54) is 11.1 Å². The van der Waals surface area contributed by atoms with Gasteiger partial charge in [0.05, 0.1) is 5.69 Å². The van der Waals surface area contributed by atoms with Crippen LogP contribution in [0.3, 0.4) is 0 Å². The number of hydrogen-bond acceptors (Lipinski definition) is 2. The molecule has 168 valence electrons. The highest BCUT2D eigenvalue weighted by molar-refractivity contribution is 6.30. The molecule has 2 heterocycles. The number of H-pyrrole nitrogens is 1. The highest BCUT2D eigenvalue weighted by Gasteiger charge is 2.32. The van der Waals surface area contributed by atoms with E-state index in [1.54, 1.807) is 12.1 Å². The minimum atomic E-state index is -0.196. The van der Waals surface area contributed by atoms with E-state index in [4.69, 9.17) is 11.6 Å². The Balaban J connectivity index is 1.37. The van der Waals surface area contributed by atoms with Gasteiger partial charge in [-0.05, 0) is 60.8 Å². The van der Waals surface area contributed by atoms with Crippen molar-refractivity contribution < 1.29 is 4.39 Å². The second-order valence-electron chi connectivity index (χ2n) is 8.80. The zero-order valence-electron chi connectivity index (χ0n) is 18.4. The lowest BCUT2D eigenvalue weighted by Gasteiger charge is -2.38. The van der Waals surface area contributed by atoms with Crippen LogP contribution in [-0.4, -0.2) is 34.7 Å². The predicted octanol–water partition coefficient (Wildman–Crippen LogP) is 6.69. The van der Waals surface area contributed by atoms with Gasteiger partial charge < -0.3 is 4.90 Å². The fraction of sp³-hybridized carbons (Fsp3) is 0.250. The molecule has 2 atom stereocenters. The summed E-state index contributed by atoms with van der Waals surface area (Å²) in [6, 6.07) is 27.6. The van der Waals surface area contributed by atoms with Crippen molar-refractivity contribution in [2.24, 2.45) is 0 Å². The number of nitrogens with zero attached hydrogens (tertiary/aromatic N) is 2. The molecule has 3 aromatic carbocycles. The first kappa shape index (κ1) is 21.9. The van der Waals surface area contributed by atoms with Gasteiger partial charge in [0.1, 0.15) is 5.82 Å². The summed E-state index contributed by atoms with van der Waals surface area (Å²) in [6.07, 6.45) is 2.06. The maximum Gasteiger partial charge on any atom is 0.123 e. The standard InChI is InChI=1S/C28H27ClFN3/c29-23-10-6-22(7-11-23)27-18-28(32-31-27)25-15-17-33(16-14-20-4-2-1-3-5-20)19-26(25)21-8-12-24(30)13-9-21/h1-13,18,25-26H,14-17,19H2,(H,31,32)/t25-,26-/m1/s1. The van der Waals surface area contributed by atoms with E-state index in [0.717, 1.165) is 49.4 Å². The van der Waals surface area contributed by atoms with Crippen LogP contribution >= 0.6 is 11.6 Å². The largest absolute Gasteiger partial charge is 0.302 e. The fourth-order valence-electron chi connectivity index (χ4n) is 4.87. The van der Waals surface area contributed by atoms with Crippen LogP contribution < -0.4 is 0 Å². The van der Waals surface area contributed by atoms with Crippen LogP contribution in [0.5, 0.6) is 0 Å². The molecule has 1 saturated heterocycles. The molecule has 0 amide bonds. The van der Waals surface area contributed by atoms with Crippen LogP contribution in [0.2, 0.25) is 5.02 Å².